The first-order valence-corrected chi connectivity index (χ1v) is 7.94. The number of ether oxygens (including phenoxy) is 1. The molecule has 0 aliphatic heterocycles. The fraction of sp³-hybridized carbons (Fsp3) is 0.235. The van der Waals surface area contributed by atoms with E-state index in [0.29, 0.717) is 23.3 Å². The number of aromatic nitrogens is 2. The van der Waals surface area contributed by atoms with Gasteiger partial charge in [0.25, 0.3) is 0 Å². The number of halogens is 2. The third kappa shape index (κ3) is 2.98. The first-order valence-electron chi connectivity index (χ1n) is 7.19. The van der Waals surface area contributed by atoms with Crippen LogP contribution in [0.2, 0.25) is 10.0 Å². The summed E-state index contributed by atoms with van der Waals surface area (Å²) >= 11 is 12.3. The van der Waals surface area contributed by atoms with Gasteiger partial charge in [-0.15, -0.1) is 0 Å². The number of rotatable bonds is 5. The first kappa shape index (κ1) is 15.3. The number of nitrogens with zero attached hydrogens (tertiary/aromatic N) is 2. The molecule has 1 heterocycles. The van der Waals surface area contributed by atoms with Gasteiger partial charge >= 0.3 is 0 Å². The van der Waals surface area contributed by atoms with E-state index < -0.39 is 0 Å². The van der Waals surface area contributed by atoms with Gasteiger partial charge in [0.2, 0.25) is 0 Å². The molecule has 3 rings (SSSR count). The summed E-state index contributed by atoms with van der Waals surface area (Å²) in [5.41, 5.74) is 2.89. The number of benzene rings is 2. The van der Waals surface area contributed by atoms with E-state index in [9.17, 15) is 0 Å². The van der Waals surface area contributed by atoms with Gasteiger partial charge < -0.3 is 9.30 Å². The van der Waals surface area contributed by atoms with Gasteiger partial charge in [0.05, 0.1) is 22.7 Å². The standard InChI is InChI=1S/C17H16Cl2N2O/c1-2-22-10-9-21-16-6-4-3-5-15(16)20-17(21)13-8-7-12(18)11-14(13)19/h3-8,11H,2,9-10H2,1H3. The van der Waals surface area contributed by atoms with Crippen LogP contribution in [-0.2, 0) is 11.3 Å². The molecule has 3 nitrogen and oxygen atoms in total. The Labute approximate surface area is 139 Å². The lowest BCUT2D eigenvalue weighted by molar-refractivity contribution is 0.140. The SMILES string of the molecule is CCOCCn1c(-c2ccc(Cl)cc2Cl)nc2ccccc21. The third-order valence-electron chi connectivity index (χ3n) is 3.49. The van der Waals surface area contributed by atoms with Crippen LogP contribution >= 0.6 is 23.2 Å². The molecule has 0 N–H and O–H groups in total. The molecular formula is C17H16Cl2N2O. The maximum absolute atomic E-state index is 6.36. The van der Waals surface area contributed by atoms with Crippen LogP contribution in [0.5, 0.6) is 0 Å². The van der Waals surface area contributed by atoms with Crippen molar-refractivity contribution in [2.45, 2.75) is 13.5 Å². The lowest BCUT2D eigenvalue weighted by Gasteiger charge is -2.10. The summed E-state index contributed by atoms with van der Waals surface area (Å²) in [7, 11) is 0. The molecule has 0 spiro atoms. The highest BCUT2D eigenvalue weighted by Gasteiger charge is 2.15. The molecule has 5 heteroatoms. The van der Waals surface area contributed by atoms with Gasteiger partial charge in [0.1, 0.15) is 5.82 Å². The molecule has 0 aliphatic rings. The molecule has 0 atom stereocenters. The summed E-state index contributed by atoms with van der Waals surface area (Å²) in [5.74, 6) is 0.836. The van der Waals surface area contributed by atoms with Crippen LogP contribution in [0.15, 0.2) is 42.5 Å². The molecule has 3 aromatic rings. The Kier molecular flexibility index (Phi) is 4.67. The van der Waals surface area contributed by atoms with E-state index in [1.165, 1.54) is 0 Å². The molecule has 0 fully saturated rings. The second-order valence-corrected chi connectivity index (χ2v) is 5.74. The van der Waals surface area contributed by atoms with Crippen LogP contribution in [0.1, 0.15) is 6.92 Å². The lowest BCUT2D eigenvalue weighted by atomic mass is 10.2. The third-order valence-corrected chi connectivity index (χ3v) is 4.04. The molecular weight excluding hydrogens is 319 g/mol. The largest absolute Gasteiger partial charge is 0.380 e. The summed E-state index contributed by atoms with van der Waals surface area (Å²) in [6.45, 7) is 4.05. The number of imidazole rings is 1. The number of para-hydroxylation sites is 2. The molecule has 0 radical (unpaired) electrons. The van der Waals surface area contributed by atoms with Gasteiger partial charge in [-0.25, -0.2) is 4.98 Å². The smallest absolute Gasteiger partial charge is 0.142 e. The summed E-state index contributed by atoms with van der Waals surface area (Å²) in [6, 6.07) is 13.5. The summed E-state index contributed by atoms with van der Waals surface area (Å²) < 4.78 is 7.63. The molecule has 1 aromatic heterocycles. The fourth-order valence-electron chi connectivity index (χ4n) is 2.48. The number of hydrogen-bond acceptors (Lipinski definition) is 2. The molecule has 0 bridgehead atoms. The maximum Gasteiger partial charge on any atom is 0.142 e. The van der Waals surface area contributed by atoms with Crippen molar-refractivity contribution in [2.24, 2.45) is 0 Å². The van der Waals surface area contributed by atoms with Crippen LogP contribution in [-0.4, -0.2) is 22.8 Å². The molecule has 0 saturated carbocycles. The average molecular weight is 335 g/mol. The van der Waals surface area contributed by atoms with Crippen molar-refractivity contribution < 1.29 is 4.74 Å². The Bertz CT molecular complexity index is 798. The highest BCUT2D eigenvalue weighted by atomic mass is 35.5. The second kappa shape index (κ2) is 6.69. The van der Waals surface area contributed by atoms with Crippen LogP contribution in [0.3, 0.4) is 0 Å². The van der Waals surface area contributed by atoms with Crippen LogP contribution in [0, 0.1) is 0 Å². The van der Waals surface area contributed by atoms with Gasteiger partial charge in [-0.05, 0) is 37.3 Å². The Balaban J connectivity index is 2.12. The summed E-state index contributed by atoms with van der Waals surface area (Å²) in [4.78, 5) is 4.73. The predicted molar refractivity (Wildman–Crippen MR) is 91.7 cm³/mol. The Morgan fingerprint density at radius 2 is 1.95 bits per heavy atom. The van der Waals surface area contributed by atoms with E-state index in [0.717, 1.165) is 29.0 Å². The molecule has 0 saturated heterocycles. The van der Waals surface area contributed by atoms with Crippen molar-refractivity contribution in [3.05, 3.63) is 52.5 Å². The predicted octanol–water partition coefficient (Wildman–Crippen LogP) is 5.05. The number of fused-ring (bicyclic) bond motifs is 1. The van der Waals surface area contributed by atoms with Gasteiger partial charge in [0, 0.05) is 23.7 Å². The normalized spacial score (nSPS) is 11.2. The topological polar surface area (TPSA) is 27.1 Å². The highest BCUT2D eigenvalue weighted by Crippen LogP contribution is 2.32. The number of hydrogen-bond donors (Lipinski definition) is 0. The van der Waals surface area contributed by atoms with Crippen molar-refractivity contribution in [3.63, 3.8) is 0 Å². The van der Waals surface area contributed by atoms with Crippen LogP contribution < -0.4 is 0 Å². The van der Waals surface area contributed by atoms with Crippen molar-refractivity contribution in [1.29, 1.82) is 0 Å². The average Bonchev–Trinajstić information content (AvgIpc) is 2.86. The molecule has 2 aromatic carbocycles. The van der Waals surface area contributed by atoms with Crippen molar-refractivity contribution >= 4 is 34.2 Å². The lowest BCUT2D eigenvalue weighted by Crippen LogP contribution is -2.07. The molecule has 0 aliphatic carbocycles. The minimum atomic E-state index is 0.598. The fourth-order valence-corrected chi connectivity index (χ4v) is 2.97. The van der Waals surface area contributed by atoms with Gasteiger partial charge in [-0.1, -0.05) is 35.3 Å². The van der Waals surface area contributed by atoms with E-state index >= 15 is 0 Å². The highest BCUT2D eigenvalue weighted by molar-refractivity contribution is 6.36. The van der Waals surface area contributed by atoms with Crippen molar-refractivity contribution in [2.75, 3.05) is 13.2 Å². The zero-order valence-corrected chi connectivity index (χ0v) is 13.7. The monoisotopic (exact) mass is 334 g/mol. The summed E-state index contributed by atoms with van der Waals surface area (Å²) in [5, 5.41) is 1.21. The van der Waals surface area contributed by atoms with E-state index in [1.54, 1.807) is 6.07 Å². The van der Waals surface area contributed by atoms with Crippen LogP contribution in [0.4, 0.5) is 0 Å². The Hall–Kier alpha value is -1.55. The van der Waals surface area contributed by atoms with Gasteiger partial charge in [-0.2, -0.15) is 0 Å². The molecule has 114 valence electrons. The van der Waals surface area contributed by atoms with Gasteiger partial charge in [-0.3, -0.25) is 0 Å². The Morgan fingerprint density at radius 1 is 1.14 bits per heavy atom. The summed E-state index contributed by atoms with van der Waals surface area (Å²) in [6.07, 6.45) is 0. The van der Waals surface area contributed by atoms with Crippen LogP contribution in [0.25, 0.3) is 22.4 Å². The first-order chi connectivity index (χ1) is 10.7. The minimum absolute atomic E-state index is 0.598. The second-order valence-electron chi connectivity index (χ2n) is 4.90. The van der Waals surface area contributed by atoms with Crippen molar-refractivity contribution in [3.8, 4) is 11.4 Å². The quantitative estimate of drug-likeness (QED) is 0.610. The minimum Gasteiger partial charge on any atom is -0.380 e. The van der Waals surface area contributed by atoms with Gasteiger partial charge in [0.15, 0.2) is 0 Å². The van der Waals surface area contributed by atoms with E-state index in [1.807, 2.05) is 37.3 Å². The zero-order valence-electron chi connectivity index (χ0n) is 12.2. The Morgan fingerprint density at radius 3 is 2.73 bits per heavy atom. The van der Waals surface area contributed by atoms with Crippen molar-refractivity contribution in [1.82, 2.24) is 9.55 Å². The van der Waals surface area contributed by atoms with E-state index in [4.69, 9.17) is 32.9 Å². The van der Waals surface area contributed by atoms with E-state index in [2.05, 4.69) is 10.6 Å². The molecule has 0 unspecified atom stereocenters. The molecule has 0 amide bonds. The maximum atomic E-state index is 6.36. The molecule has 22 heavy (non-hydrogen) atoms. The zero-order chi connectivity index (χ0) is 15.5. The van der Waals surface area contributed by atoms with E-state index in [-0.39, 0.29) is 0 Å².